The molecule has 138 valence electrons. The Kier molecular flexibility index (Phi) is 5.44. The molecule has 1 atom stereocenters. The third kappa shape index (κ3) is 4.14. The lowest BCUT2D eigenvalue weighted by atomic mass is 9.83. The minimum absolute atomic E-state index is 0.131. The molecule has 1 aliphatic rings. The Hall–Kier alpha value is -2.18. The standard InChI is InChI=1S/C20H22O5S/c1-14-3-9-19(10-4-14)26(22,23)25-13-15-5-6-17-12-18(20(21)24-2)8-7-16(17)11-15/h3-4,7-10,12,15H,5-6,11,13H2,1-2H3. The maximum Gasteiger partial charge on any atom is 0.337 e. The van der Waals surface area contributed by atoms with Gasteiger partial charge >= 0.3 is 5.97 Å². The van der Waals surface area contributed by atoms with Crippen molar-refractivity contribution in [2.24, 2.45) is 5.92 Å². The monoisotopic (exact) mass is 374 g/mol. The molecule has 2 aromatic carbocycles. The minimum Gasteiger partial charge on any atom is -0.465 e. The van der Waals surface area contributed by atoms with Crippen LogP contribution in [0, 0.1) is 12.8 Å². The van der Waals surface area contributed by atoms with Crippen LogP contribution in [0.3, 0.4) is 0 Å². The zero-order valence-corrected chi connectivity index (χ0v) is 15.7. The molecule has 0 radical (unpaired) electrons. The number of rotatable bonds is 5. The van der Waals surface area contributed by atoms with Crippen LogP contribution in [0.4, 0.5) is 0 Å². The number of methoxy groups -OCH3 is 1. The molecule has 0 spiro atoms. The van der Waals surface area contributed by atoms with E-state index in [0.29, 0.717) is 5.56 Å². The zero-order valence-electron chi connectivity index (χ0n) is 14.9. The van der Waals surface area contributed by atoms with Gasteiger partial charge in [0.05, 0.1) is 24.2 Å². The van der Waals surface area contributed by atoms with E-state index in [1.807, 2.05) is 19.1 Å². The fourth-order valence-electron chi connectivity index (χ4n) is 3.18. The fraction of sp³-hybridized carbons (Fsp3) is 0.350. The van der Waals surface area contributed by atoms with Gasteiger partial charge < -0.3 is 4.74 Å². The summed E-state index contributed by atoms with van der Waals surface area (Å²) >= 11 is 0. The number of esters is 1. The number of fused-ring (bicyclic) bond motifs is 1. The second-order valence-corrected chi connectivity index (χ2v) is 8.25. The van der Waals surface area contributed by atoms with Crippen molar-refractivity contribution in [3.63, 3.8) is 0 Å². The van der Waals surface area contributed by atoms with E-state index in [1.54, 1.807) is 30.3 Å². The summed E-state index contributed by atoms with van der Waals surface area (Å²) in [7, 11) is -2.37. The normalized spacial score (nSPS) is 16.8. The molecule has 2 aromatic rings. The summed E-state index contributed by atoms with van der Waals surface area (Å²) in [4.78, 5) is 11.8. The summed E-state index contributed by atoms with van der Waals surface area (Å²) in [6.07, 6.45) is 2.35. The first-order valence-corrected chi connectivity index (χ1v) is 9.96. The number of benzene rings is 2. The lowest BCUT2D eigenvalue weighted by molar-refractivity contribution is 0.0600. The average molecular weight is 374 g/mol. The zero-order chi connectivity index (χ0) is 18.7. The number of ether oxygens (including phenoxy) is 1. The summed E-state index contributed by atoms with van der Waals surface area (Å²) in [5.74, 6) is -0.214. The van der Waals surface area contributed by atoms with E-state index in [9.17, 15) is 13.2 Å². The third-order valence-corrected chi connectivity index (χ3v) is 6.02. The van der Waals surface area contributed by atoms with E-state index in [1.165, 1.54) is 7.11 Å². The highest BCUT2D eigenvalue weighted by Crippen LogP contribution is 2.28. The maximum atomic E-state index is 12.3. The van der Waals surface area contributed by atoms with Gasteiger partial charge in [0.2, 0.25) is 0 Å². The Balaban J connectivity index is 1.64. The van der Waals surface area contributed by atoms with Crippen molar-refractivity contribution < 1.29 is 22.1 Å². The van der Waals surface area contributed by atoms with E-state index < -0.39 is 10.1 Å². The van der Waals surface area contributed by atoms with Gasteiger partial charge in [-0.3, -0.25) is 4.18 Å². The molecular formula is C20H22O5S. The highest BCUT2D eigenvalue weighted by Gasteiger charge is 2.23. The van der Waals surface area contributed by atoms with Crippen molar-refractivity contribution in [1.29, 1.82) is 0 Å². The quantitative estimate of drug-likeness (QED) is 0.593. The lowest BCUT2D eigenvalue weighted by Crippen LogP contribution is -2.21. The van der Waals surface area contributed by atoms with Crippen LogP contribution in [0.5, 0.6) is 0 Å². The van der Waals surface area contributed by atoms with Crippen molar-refractivity contribution in [3.05, 3.63) is 64.7 Å². The number of hydrogen-bond donors (Lipinski definition) is 0. The molecule has 6 heteroatoms. The summed E-state index contributed by atoms with van der Waals surface area (Å²) in [5.41, 5.74) is 3.79. The highest BCUT2D eigenvalue weighted by molar-refractivity contribution is 7.86. The van der Waals surface area contributed by atoms with E-state index in [-0.39, 0.29) is 23.4 Å². The van der Waals surface area contributed by atoms with Crippen molar-refractivity contribution in [2.45, 2.75) is 31.1 Å². The second-order valence-electron chi connectivity index (χ2n) is 6.64. The first-order chi connectivity index (χ1) is 12.4. The van der Waals surface area contributed by atoms with Crippen LogP contribution in [-0.4, -0.2) is 28.1 Å². The molecule has 0 fully saturated rings. The van der Waals surface area contributed by atoms with Gasteiger partial charge in [-0.15, -0.1) is 0 Å². The molecule has 0 bridgehead atoms. The van der Waals surface area contributed by atoms with Gasteiger partial charge in [-0.25, -0.2) is 4.79 Å². The van der Waals surface area contributed by atoms with E-state index in [2.05, 4.69) is 0 Å². The summed E-state index contributed by atoms with van der Waals surface area (Å²) < 4.78 is 34.7. The number of carbonyl (C=O) groups is 1. The largest absolute Gasteiger partial charge is 0.465 e. The van der Waals surface area contributed by atoms with Crippen LogP contribution < -0.4 is 0 Å². The van der Waals surface area contributed by atoms with Gasteiger partial charge in [0.25, 0.3) is 10.1 Å². The van der Waals surface area contributed by atoms with Crippen molar-refractivity contribution in [3.8, 4) is 0 Å². The molecule has 1 aliphatic carbocycles. The van der Waals surface area contributed by atoms with E-state index in [4.69, 9.17) is 8.92 Å². The Morgan fingerprint density at radius 1 is 1.12 bits per heavy atom. The van der Waals surface area contributed by atoms with E-state index >= 15 is 0 Å². The van der Waals surface area contributed by atoms with Crippen molar-refractivity contribution in [2.75, 3.05) is 13.7 Å². The second kappa shape index (κ2) is 7.60. The molecule has 0 saturated heterocycles. The molecule has 0 heterocycles. The van der Waals surface area contributed by atoms with Crippen molar-refractivity contribution in [1.82, 2.24) is 0 Å². The number of hydrogen-bond acceptors (Lipinski definition) is 5. The first kappa shape index (κ1) is 18.6. The van der Waals surface area contributed by atoms with Crippen LogP contribution >= 0.6 is 0 Å². The Morgan fingerprint density at radius 3 is 2.54 bits per heavy atom. The first-order valence-electron chi connectivity index (χ1n) is 8.55. The van der Waals surface area contributed by atoms with Crippen LogP contribution in [0.15, 0.2) is 47.4 Å². The van der Waals surface area contributed by atoms with Gasteiger partial charge in [-0.05, 0) is 67.5 Å². The Labute approximate surface area is 154 Å². The van der Waals surface area contributed by atoms with Crippen LogP contribution in [0.2, 0.25) is 0 Å². The minimum atomic E-state index is -3.74. The van der Waals surface area contributed by atoms with Gasteiger partial charge in [0.1, 0.15) is 0 Å². The molecule has 0 aromatic heterocycles. The van der Waals surface area contributed by atoms with Gasteiger partial charge in [0, 0.05) is 0 Å². The Bertz CT molecular complexity index is 900. The number of aryl methyl sites for hydroxylation is 2. The van der Waals surface area contributed by atoms with Crippen molar-refractivity contribution >= 4 is 16.1 Å². The van der Waals surface area contributed by atoms with Gasteiger partial charge in [-0.1, -0.05) is 23.8 Å². The molecular weight excluding hydrogens is 352 g/mol. The molecule has 0 saturated carbocycles. The predicted molar refractivity (Wildman–Crippen MR) is 97.6 cm³/mol. The summed E-state index contributed by atoms with van der Waals surface area (Å²) in [5, 5.41) is 0. The smallest absolute Gasteiger partial charge is 0.337 e. The average Bonchev–Trinajstić information content (AvgIpc) is 2.65. The highest BCUT2D eigenvalue weighted by atomic mass is 32.2. The van der Waals surface area contributed by atoms with Gasteiger partial charge in [0.15, 0.2) is 0 Å². The molecule has 3 rings (SSSR count). The van der Waals surface area contributed by atoms with Gasteiger partial charge in [-0.2, -0.15) is 8.42 Å². The molecule has 0 N–H and O–H groups in total. The maximum absolute atomic E-state index is 12.3. The molecule has 1 unspecified atom stereocenters. The molecule has 0 amide bonds. The Morgan fingerprint density at radius 2 is 1.85 bits per heavy atom. The third-order valence-electron chi connectivity index (χ3n) is 4.73. The molecule has 26 heavy (non-hydrogen) atoms. The number of carbonyl (C=O) groups excluding carboxylic acids is 1. The lowest BCUT2D eigenvalue weighted by Gasteiger charge is -2.24. The van der Waals surface area contributed by atoms with Crippen LogP contribution in [-0.2, 0) is 31.9 Å². The topological polar surface area (TPSA) is 69.7 Å². The molecule has 5 nitrogen and oxygen atoms in total. The predicted octanol–water partition coefficient (Wildman–Crippen LogP) is 3.29. The molecule has 0 aliphatic heterocycles. The van der Waals surface area contributed by atoms with Crippen LogP contribution in [0.1, 0.15) is 33.5 Å². The fourth-order valence-corrected chi connectivity index (χ4v) is 4.15. The summed E-state index contributed by atoms with van der Waals surface area (Å²) in [6.45, 7) is 2.07. The van der Waals surface area contributed by atoms with Crippen LogP contribution in [0.25, 0.3) is 0 Å². The van der Waals surface area contributed by atoms with E-state index in [0.717, 1.165) is 36.0 Å². The summed E-state index contributed by atoms with van der Waals surface area (Å²) in [6, 6.07) is 12.2. The SMILES string of the molecule is COC(=O)c1ccc2c(c1)CCC(COS(=O)(=O)c1ccc(C)cc1)C2.